The van der Waals surface area contributed by atoms with Crippen molar-refractivity contribution in [2.75, 3.05) is 0 Å². The molecule has 0 unspecified atom stereocenters. The third-order valence-electron chi connectivity index (χ3n) is 8.09. The van der Waals surface area contributed by atoms with Crippen LogP contribution in [0.25, 0.3) is 0 Å². The Hall–Kier alpha value is -2.09. The van der Waals surface area contributed by atoms with E-state index in [2.05, 4.69) is 112 Å². The summed E-state index contributed by atoms with van der Waals surface area (Å²) in [5.41, 5.74) is 4.62. The Labute approximate surface area is 265 Å². The molecule has 5 heteroatoms. The molecule has 3 rings (SSSR count). The summed E-state index contributed by atoms with van der Waals surface area (Å²) in [7, 11) is 0. The van der Waals surface area contributed by atoms with Crippen molar-refractivity contribution in [3.8, 4) is 11.5 Å². The van der Waals surface area contributed by atoms with E-state index in [1.54, 1.807) is 12.4 Å². The van der Waals surface area contributed by atoms with Crippen LogP contribution in [0.4, 0.5) is 0 Å². The van der Waals surface area contributed by atoms with Gasteiger partial charge in [-0.2, -0.15) is 0 Å². The maximum atomic E-state index is 13.5. The average Bonchev–Trinajstić information content (AvgIpc) is 2.86. The predicted molar refractivity (Wildman–Crippen MR) is 179 cm³/mol. The fourth-order valence-corrected chi connectivity index (χ4v) is 5.27. The second-order valence-electron chi connectivity index (χ2n) is 15.9. The Bertz CT molecular complexity index is 1170. The Morgan fingerprint density at radius 3 is 1.14 bits per heavy atom. The zero-order valence-corrected chi connectivity index (χ0v) is 29.9. The van der Waals surface area contributed by atoms with E-state index in [-0.39, 0.29) is 45.2 Å². The van der Waals surface area contributed by atoms with E-state index < -0.39 is 0 Å². The van der Waals surface area contributed by atoms with E-state index in [4.69, 9.17) is 9.98 Å². The molecular weight excluding hydrogens is 531 g/mol. The summed E-state index contributed by atoms with van der Waals surface area (Å²) in [6.07, 6.45) is 7.63. The van der Waals surface area contributed by atoms with Gasteiger partial charge in [0.1, 0.15) is 0 Å². The average molecular weight is 587 g/mol. The van der Waals surface area contributed by atoms with E-state index >= 15 is 0 Å². The SMILES string of the molecule is CC(C)(C)c1cc(C=N[C@@H]2CCCC[C@H]2N=Cc2cc(C(C)(C)C)cc(C(C)(C)C)c2[O-])c([O-])c(C(C)(C)C)c1.[CH3][Al+2]. The summed E-state index contributed by atoms with van der Waals surface area (Å²) in [5.74, 6) is 2.04. The molecular formula is C37H55AlN2O2. The maximum absolute atomic E-state index is 13.5. The molecule has 2 aromatic rings. The van der Waals surface area contributed by atoms with Crippen molar-refractivity contribution < 1.29 is 10.2 Å². The molecule has 2 aromatic carbocycles. The van der Waals surface area contributed by atoms with Gasteiger partial charge in [-0.25, -0.2) is 0 Å². The molecule has 0 saturated heterocycles. The minimum atomic E-state index is -0.248. The van der Waals surface area contributed by atoms with Gasteiger partial charge in [-0.15, -0.1) is 0 Å². The van der Waals surface area contributed by atoms with Gasteiger partial charge in [-0.05, 0) is 67.9 Å². The van der Waals surface area contributed by atoms with Crippen molar-refractivity contribution in [2.45, 2.75) is 148 Å². The van der Waals surface area contributed by atoms with Crippen LogP contribution < -0.4 is 10.2 Å². The van der Waals surface area contributed by atoms with Crippen LogP contribution in [0.15, 0.2) is 34.3 Å². The number of benzene rings is 2. The molecule has 0 aliphatic heterocycles. The second-order valence-corrected chi connectivity index (χ2v) is 15.9. The van der Waals surface area contributed by atoms with E-state index in [0.29, 0.717) is 11.1 Å². The first-order valence-corrected chi connectivity index (χ1v) is 16.7. The molecule has 1 saturated carbocycles. The second kappa shape index (κ2) is 13.7. The van der Waals surface area contributed by atoms with Gasteiger partial charge in [0.2, 0.25) is 0 Å². The molecule has 0 heterocycles. The fraction of sp³-hybridized carbons (Fsp3) is 0.622. The van der Waals surface area contributed by atoms with Crippen molar-refractivity contribution in [3.05, 3.63) is 57.6 Å². The topological polar surface area (TPSA) is 70.8 Å². The van der Waals surface area contributed by atoms with Crippen LogP contribution in [0, 0.1) is 0 Å². The van der Waals surface area contributed by atoms with E-state index in [1.165, 1.54) is 0 Å². The fourth-order valence-electron chi connectivity index (χ4n) is 5.27. The summed E-state index contributed by atoms with van der Waals surface area (Å²) in [6, 6.07) is 8.15. The first-order chi connectivity index (χ1) is 19.2. The molecule has 0 N–H and O–H groups in total. The number of nitrogens with zero attached hydrogens (tertiary/aromatic N) is 2. The monoisotopic (exact) mass is 586 g/mol. The molecule has 1 aliphatic carbocycles. The summed E-state index contributed by atoms with van der Waals surface area (Å²) < 4.78 is 0. The van der Waals surface area contributed by atoms with Gasteiger partial charge in [0.05, 0.1) is 12.1 Å². The zero-order valence-electron chi connectivity index (χ0n) is 28.7. The predicted octanol–water partition coefficient (Wildman–Crippen LogP) is 8.08. The van der Waals surface area contributed by atoms with Gasteiger partial charge in [0, 0.05) is 12.4 Å². The van der Waals surface area contributed by atoms with Crippen molar-refractivity contribution >= 4 is 28.7 Å². The molecule has 42 heavy (non-hydrogen) atoms. The van der Waals surface area contributed by atoms with E-state index in [9.17, 15) is 10.2 Å². The van der Waals surface area contributed by atoms with Crippen LogP contribution in [0.1, 0.15) is 142 Å². The molecule has 0 amide bonds. The number of rotatable bonds is 4. The Morgan fingerprint density at radius 1 is 0.571 bits per heavy atom. The van der Waals surface area contributed by atoms with Gasteiger partial charge in [-0.3, -0.25) is 9.98 Å². The van der Waals surface area contributed by atoms with E-state index in [0.717, 1.165) is 47.9 Å². The molecule has 0 spiro atoms. The van der Waals surface area contributed by atoms with Gasteiger partial charge < -0.3 is 10.2 Å². The van der Waals surface area contributed by atoms with Crippen LogP contribution >= 0.6 is 0 Å². The van der Waals surface area contributed by atoms with Gasteiger partial charge in [-0.1, -0.05) is 132 Å². The number of hydrogen-bond donors (Lipinski definition) is 0. The third kappa shape index (κ3) is 9.20. The number of aliphatic imine (C=N–C) groups is 2. The van der Waals surface area contributed by atoms with Crippen molar-refractivity contribution in [1.29, 1.82) is 0 Å². The van der Waals surface area contributed by atoms with Crippen molar-refractivity contribution in [2.24, 2.45) is 9.98 Å². The summed E-state index contributed by atoms with van der Waals surface area (Å²) in [4.78, 5) is 9.95. The van der Waals surface area contributed by atoms with Crippen LogP contribution in [0.5, 0.6) is 11.5 Å². The molecule has 4 nitrogen and oxygen atoms in total. The van der Waals surface area contributed by atoms with Crippen molar-refractivity contribution in [3.63, 3.8) is 0 Å². The van der Waals surface area contributed by atoms with Crippen LogP contribution in [0.2, 0.25) is 5.79 Å². The molecule has 228 valence electrons. The first kappa shape index (κ1) is 36.1. The Balaban J connectivity index is 0.00000301. The van der Waals surface area contributed by atoms with Crippen LogP contribution in [-0.2, 0) is 21.7 Å². The van der Waals surface area contributed by atoms with Gasteiger partial charge >= 0.3 is 22.1 Å². The van der Waals surface area contributed by atoms with Crippen molar-refractivity contribution in [1.82, 2.24) is 0 Å². The molecule has 0 bridgehead atoms. The summed E-state index contributed by atoms with van der Waals surface area (Å²) >= 11 is 2.42. The molecule has 1 aliphatic rings. The third-order valence-corrected chi connectivity index (χ3v) is 8.09. The van der Waals surface area contributed by atoms with Gasteiger partial charge in [0.15, 0.2) is 0 Å². The molecule has 0 radical (unpaired) electrons. The minimum absolute atomic E-state index is 0.0104. The standard InChI is InChI=1S/C36H54N2O2.CH3.Al/c1-33(2,3)25-17-23(31(39)27(19-25)35(7,8)9)21-37-29-15-13-14-16-30(29)38-22-24-18-26(34(4,5)6)20-28(32(24)40)36(10,11)12;;/h17-22,29-30,39-40H,13-16H2,1-12H3;1H3;/q;;+2/p-2/t29-,30-;;/m1../s1. The van der Waals surface area contributed by atoms with Crippen LogP contribution in [0.3, 0.4) is 0 Å². The van der Waals surface area contributed by atoms with E-state index in [1.807, 2.05) is 17.9 Å². The van der Waals surface area contributed by atoms with Crippen LogP contribution in [-0.4, -0.2) is 40.8 Å². The molecule has 2 atom stereocenters. The zero-order chi connectivity index (χ0) is 32.3. The quantitative estimate of drug-likeness (QED) is 0.268. The van der Waals surface area contributed by atoms with Gasteiger partial charge in [0.25, 0.3) is 0 Å². The summed E-state index contributed by atoms with van der Waals surface area (Å²) in [5, 5.41) is 26.9. The Morgan fingerprint density at radius 2 is 0.881 bits per heavy atom. The normalized spacial score (nSPS) is 18.8. The molecule has 1 fully saturated rings. The number of hydrogen-bond acceptors (Lipinski definition) is 4. The first-order valence-electron chi connectivity index (χ1n) is 15.6. The summed E-state index contributed by atoms with van der Waals surface area (Å²) in [6.45, 7) is 25.6. The Kier molecular flexibility index (Phi) is 11.8. The molecule has 0 aromatic heterocycles.